The van der Waals surface area contributed by atoms with E-state index < -0.39 is 6.67 Å². The summed E-state index contributed by atoms with van der Waals surface area (Å²) in [7, 11) is 0. The fourth-order valence-electron chi connectivity index (χ4n) is 2.24. The second kappa shape index (κ2) is 6.03. The van der Waals surface area contributed by atoms with Gasteiger partial charge in [-0.3, -0.25) is 0 Å². The maximum Gasteiger partial charge on any atom is 0.134 e. The third-order valence-electron chi connectivity index (χ3n) is 2.98. The molecule has 19 heavy (non-hydrogen) atoms. The highest BCUT2D eigenvalue weighted by Gasteiger charge is 2.32. The van der Waals surface area contributed by atoms with Crippen LogP contribution >= 0.6 is 0 Å². The molecule has 0 fully saturated rings. The summed E-state index contributed by atoms with van der Waals surface area (Å²) >= 11 is 0. The summed E-state index contributed by atoms with van der Waals surface area (Å²) in [5, 5.41) is 30.1. The van der Waals surface area contributed by atoms with Crippen LogP contribution in [0, 0.1) is 39.4 Å². The molecule has 1 aliphatic rings. The third kappa shape index (κ3) is 3.33. The van der Waals surface area contributed by atoms with Crippen molar-refractivity contribution in [3.63, 3.8) is 0 Å². The number of nitriles is 3. The molecule has 0 radical (unpaired) electrons. The van der Waals surface area contributed by atoms with Gasteiger partial charge in [-0.05, 0) is 18.3 Å². The third-order valence-corrected chi connectivity index (χ3v) is 2.98. The standard InChI is InChI=1S/C14H15FN4/c1-14(2)5-11(10(7-16)8-17)12(9-18)13(6-14)19-4-3-15/h19H,3-6H2,1-2H3. The van der Waals surface area contributed by atoms with Crippen LogP contribution in [0.1, 0.15) is 26.7 Å². The van der Waals surface area contributed by atoms with E-state index in [-0.39, 0.29) is 17.5 Å². The molecule has 0 aromatic carbocycles. The number of rotatable bonds is 3. The highest BCUT2D eigenvalue weighted by atomic mass is 19.1. The van der Waals surface area contributed by atoms with Crippen molar-refractivity contribution in [1.29, 1.82) is 15.8 Å². The van der Waals surface area contributed by atoms with Gasteiger partial charge >= 0.3 is 0 Å². The largest absolute Gasteiger partial charge is 0.385 e. The van der Waals surface area contributed by atoms with Gasteiger partial charge in [0.05, 0.1) is 5.57 Å². The van der Waals surface area contributed by atoms with E-state index in [1.54, 1.807) is 0 Å². The van der Waals surface area contributed by atoms with Crippen LogP contribution in [0.2, 0.25) is 0 Å². The van der Waals surface area contributed by atoms with Gasteiger partial charge in [0, 0.05) is 17.8 Å². The minimum Gasteiger partial charge on any atom is -0.385 e. The molecule has 0 saturated carbocycles. The molecular formula is C14H15FN4. The van der Waals surface area contributed by atoms with Gasteiger partial charge in [-0.2, -0.15) is 15.8 Å². The van der Waals surface area contributed by atoms with E-state index in [4.69, 9.17) is 10.5 Å². The molecule has 1 N–H and O–H groups in total. The first-order valence-corrected chi connectivity index (χ1v) is 5.96. The van der Waals surface area contributed by atoms with Crippen molar-refractivity contribution in [3.05, 3.63) is 22.4 Å². The van der Waals surface area contributed by atoms with E-state index in [0.29, 0.717) is 29.7 Å². The van der Waals surface area contributed by atoms with Gasteiger partial charge in [-0.1, -0.05) is 13.8 Å². The number of nitrogens with zero attached hydrogens (tertiary/aromatic N) is 3. The number of hydrogen-bond donors (Lipinski definition) is 1. The maximum absolute atomic E-state index is 12.3. The van der Waals surface area contributed by atoms with Crippen molar-refractivity contribution >= 4 is 0 Å². The molecule has 0 aromatic rings. The number of halogens is 1. The smallest absolute Gasteiger partial charge is 0.134 e. The molecule has 0 atom stereocenters. The molecule has 4 nitrogen and oxygen atoms in total. The van der Waals surface area contributed by atoms with Crippen molar-refractivity contribution in [2.45, 2.75) is 26.7 Å². The minimum absolute atomic E-state index is 0.0381. The Morgan fingerprint density at radius 1 is 1.26 bits per heavy atom. The first-order valence-electron chi connectivity index (χ1n) is 5.96. The molecule has 0 saturated heterocycles. The average Bonchev–Trinajstić information content (AvgIpc) is 2.36. The summed E-state index contributed by atoms with van der Waals surface area (Å²) in [5.41, 5.74) is 1.18. The summed E-state index contributed by atoms with van der Waals surface area (Å²) in [4.78, 5) is 0. The van der Waals surface area contributed by atoms with Crippen LogP contribution in [-0.2, 0) is 0 Å². The Morgan fingerprint density at radius 2 is 1.89 bits per heavy atom. The molecule has 0 aromatic heterocycles. The lowest BCUT2D eigenvalue weighted by molar-refractivity contribution is 0.335. The molecule has 0 unspecified atom stereocenters. The van der Waals surface area contributed by atoms with Crippen molar-refractivity contribution in [2.24, 2.45) is 5.41 Å². The second-order valence-electron chi connectivity index (χ2n) is 5.18. The van der Waals surface area contributed by atoms with Crippen LogP contribution in [0.5, 0.6) is 0 Å². The van der Waals surface area contributed by atoms with Gasteiger partial charge in [0.15, 0.2) is 0 Å². The Bertz CT molecular complexity index is 533. The van der Waals surface area contributed by atoms with E-state index in [2.05, 4.69) is 5.32 Å². The van der Waals surface area contributed by atoms with Gasteiger partial charge in [0.2, 0.25) is 0 Å². The summed E-state index contributed by atoms with van der Waals surface area (Å²) in [5.74, 6) is 0. The quantitative estimate of drug-likeness (QED) is 0.788. The lowest BCUT2D eigenvalue weighted by Crippen LogP contribution is -2.29. The van der Waals surface area contributed by atoms with Crippen LogP contribution in [0.25, 0.3) is 0 Å². The summed E-state index contributed by atoms with van der Waals surface area (Å²) < 4.78 is 12.3. The van der Waals surface area contributed by atoms with Crippen molar-refractivity contribution in [3.8, 4) is 18.2 Å². The molecule has 1 aliphatic carbocycles. The van der Waals surface area contributed by atoms with Crippen molar-refractivity contribution < 1.29 is 4.39 Å². The zero-order valence-electron chi connectivity index (χ0n) is 11.0. The van der Waals surface area contributed by atoms with Gasteiger partial charge < -0.3 is 5.32 Å². The van der Waals surface area contributed by atoms with Gasteiger partial charge in [-0.25, -0.2) is 4.39 Å². The predicted molar refractivity (Wildman–Crippen MR) is 67.9 cm³/mol. The van der Waals surface area contributed by atoms with E-state index in [9.17, 15) is 9.65 Å². The number of nitrogens with one attached hydrogen (secondary N) is 1. The van der Waals surface area contributed by atoms with E-state index >= 15 is 0 Å². The van der Waals surface area contributed by atoms with Crippen LogP contribution < -0.4 is 5.32 Å². The zero-order valence-corrected chi connectivity index (χ0v) is 11.0. The normalized spacial score (nSPS) is 17.2. The molecule has 5 heteroatoms. The van der Waals surface area contributed by atoms with E-state index in [0.717, 1.165) is 0 Å². The van der Waals surface area contributed by atoms with Gasteiger partial charge in [0.25, 0.3) is 0 Å². The number of allylic oxidation sites excluding steroid dienone is 4. The highest BCUT2D eigenvalue weighted by Crippen LogP contribution is 2.41. The summed E-state index contributed by atoms with van der Waals surface area (Å²) in [6, 6.07) is 5.70. The Kier molecular flexibility index (Phi) is 4.67. The van der Waals surface area contributed by atoms with Crippen LogP contribution in [0.4, 0.5) is 4.39 Å². The van der Waals surface area contributed by atoms with E-state index in [1.807, 2.05) is 32.1 Å². The highest BCUT2D eigenvalue weighted by molar-refractivity contribution is 5.57. The van der Waals surface area contributed by atoms with Crippen LogP contribution in [0.15, 0.2) is 22.4 Å². The fourth-order valence-corrected chi connectivity index (χ4v) is 2.24. The average molecular weight is 258 g/mol. The molecular weight excluding hydrogens is 243 g/mol. The SMILES string of the molecule is CC1(C)CC(NCCF)=C(C#N)C(=C(C#N)C#N)C1. The first kappa shape index (κ1) is 14.7. The number of hydrogen-bond acceptors (Lipinski definition) is 4. The van der Waals surface area contributed by atoms with Crippen molar-refractivity contribution in [1.82, 2.24) is 5.32 Å². The molecule has 98 valence electrons. The Morgan fingerprint density at radius 3 is 2.37 bits per heavy atom. The lowest BCUT2D eigenvalue weighted by atomic mass is 9.73. The van der Waals surface area contributed by atoms with Crippen LogP contribution in [0.3, 0.4) is 0 Å². The van der Waals surface area contributed by atoms with Gasteiger partial charge in [0.1, 0.15) is 30.5 Å². The maximum atomic E-state index is 12.3. The molecule has 0 aliphatic heterocycles. The monoisotopic (exact) mass is 258 g/mol. The Balaban J connectivity index is 3.39. The fraction of sp³-hybridized carbons (Fsp3) is 0.500. The molecule has 0 amide bonds. The number of alkyl halides is 1. The zero-order chi connectivity index (χ0) is 14.5. The molecule has 0 heterocycles. The topological polar surface area (TPSA) is 83.4 Å². The lowest BCUT2D eigenvalue weighted by Gasteiger charge is -2.33. The van der Waals surface area contributed by atoms with E-state index in [1.165, 1.54) is 0 Å². The summed E-state index contributed by atoms with van der Waals surface area (Å²) in [6.45, 7) is 3.57. The summed E-state index contributed by atoms with van der Waals surface area (Å²) in [6.07, 6.45) is 1.09. The predicted octanol–water partition coefficient (Wildman–Crippen LogP) is 2.49. The Labute approximate surface area is 112 Å². The molecule has 0 spiro atoms. The van der Waals surface area contributed by atoms with Crippen molar-refractivity contribution in [2.75, 3.05) is 13.2 Å². The van der Waals surface area contributed by atoms with Crippen LogP contribution in [-0.4, -0.2) is 13.2 Å². The first-order chi connectivity index (χ1) is 8.99. The minimum atomic E-state index is -0.537. The second-order valence-corrected chi connectivity index (χ2v) is 5.18. The molecule has 0 bridgehead atoms. The Hall–Kier alpha value is -2.32. The van der Waals surface area contributed by atoms with Gasteiger partial charge in [-0.15, -0.1) is 0 Å². The molecule has 1 rings (SSSR count).